The van der Waals surface area contributed by atoms with E-state index in [2.05, 4.69) is 17.4 Å². The summed E-state index contributed by atoms with van der Waals surface area (Å²) in [5, 5.41) is 3.95. The number of rotatable bonds is 4. The van der Waals surface area contributed by atoms with E-state index in [1.807, 2.05) is 66.0 Å². The summed E-state index contributed by atoms with van der Waals surface area (Å²) in [7, 11) is 0. The van der Waals surface area contributed by atoms with E-state index in [0.29, 0.717) is 10.3 Å². The molecule has 2 aromatic carbocycles. The van der Waals surface area contributed by atoms with Gasteiger partial charge < -0.3 is 9.73 Å². The zero-order chi connectivity index (χ0) is 17.1. The van der Waals surface area contributed by atoms with Crippen molar-refractivity contribution in [2.75, 3.05) is 16.8 Å². The third-order valence-corrected chi connectivity index (χ3v) is 7.00. The maximum absolute atomic E-state index is 12.2. The van der Waals surface area contributed by atoms with Gasteiger partial charge in [-0.2, -0.15) is 0 Å². The summed E-state index contributed by atoms with van der Waals surface area (Å²) in [6, 6.07) is 17.8. The quantitative estimate of drug-likeness (QED) is 0.613. The molecule has 5 heteroatoms. The van der Waals surface area contributed by atoms with Crippen molar-refractivity contribution >= 4 is 52.2 Å². The summed E-state index contributed by atoms with van der Waals surface area (Å²) in [6.45, 7) is 0. The molecular formula is C20H17NO2S2. The molecule has 1 N–H and O–H groups in total. The molecule has 126 valence electrons. The highest BCUT2D eigenvalue weighted by Crippen LogP contribution is 2.45. The van der Waals surface area contributed by atoms with Gasteiger partial charge in [-0.3, -0.25) is 4.79 Å². The van der Waals surface area contributed by atoms with E-state index in [-0.39, 0.29) is 5.91 Å². The average Bonchev–Trinajstić information content (AvgIpc) is 3.29. The molecular weight excluding hydrogens is 350 g/mol. The van der Waals surface area contributed by atoms with Gasteiger partial charge in [-0.15, -0.1) is 23.5 Å². The normalized spacial score (nSPS) is 15.2. The van der Waals surface area contributed by atoms with Crippen LogP contribution in [0.5, 0.6) is 0 Å². The van der Waals surface area contributed by atoms with Crippen LogP contribution in [0.25, 0.3) is 17.0 Å². The minimum absolute atomic E-state index is 0.163. The zero-order valence-corrected chi connectivity index (χ0v) is 15.1. The van der Waals surface area contributed by atoms with Crippen molar-refractivity contribution in [1.29, 1.82) is 0 Å². The molecule has 1 saturated heterocycles. The third-order valence-electron chi connectivity index (χ3n) is 3.89. The Balaban J connectivity index is 1.43. The molecule has 0 saturated carbocycles. The number of benzene rings is 2. The highest BCUT2D eigenvalue weighted by molar-refractivity contribution is 8.19. The van der Waals surface area contributed by atoms with Crippen molar-refractivity contribution in [1.82, 2.24) is 0 Å². The first-order chi connectivity index (χ1) is 12.3. The van der Waals surface area contributed by atoms with Crippen molar-refractivity contribution in [2.24, 2.45) is 0 Å². The van der Waals surface area contributed by atoms with Gasteiger partial charge >= 0.3 is 0 Å². The van der Waals surface area contributed by atoms with Crippen molar-refractivity contribution in [3.8, 4) is 0 Å². The maximum atomic E-state index is 12.2. The Kier molecular flexibility index (Phi) is 4.85. The van der Waals surface area contributed by atoms with Gasteiger partial charge in [0.1, 0.15) is 11.3 Å². The smallest absolute Gasteiger partial charge is 0.248 e. The summed E-state index contributed by atoms with van der Waals surface area (Å²) in [6.07, 6.45) is 3.20. The van der Waals surface area contributed by atoms with Crippen LogP contribution < -0.4 is 5.32 Å². The molecule has 1 aliphatic rings. The minimum Gasteiger partial charge on any atom is -0.457 e. The first-order valence-electron chi connectivity index (χ1n) is 8.09. The third kappa shape index (κ3) is 3.94. The monoisotopic (exact) mass is 367 g/mol. The number of para-hydroxylation sites is 1. The van der Waals surface area contributed by atoms with Crippen molar-refractivity contribution in [3.05, 3.63) is 72.0 Å². The van der Waals surface area contributed by atoms with Crippen LogP contribution in [0, 0.1) is 0 Å². The molecule has 0 unspecified atom stereocenters. The molecule has 0 aliphatic carbocycles. The van der Waals surface area contributed by atoms with E-state index in [4.69, 9.17) is 4.42 Å². The van der Waals surface area contributed by atoms with Gasteiger partial charge in [0.15, 0.2) is 0 Å². The number of furan rings is 1. The van der Waals surface area contributed by atoms with Crippen LogP contribution in [0.1, 0.15) is 15.9 Å². The summed E-state index contributed by atoms with van der Waals surface area (Å²) in [4.78, 5) is 12.2. The number of carbonyl (C=O) groups excluding carboxylic acids is 1. The number of hydrogen-bond donors (Lipinski definition) is 1. The number of carbonyl (C=O) groups is 1. The van der Waals surface area contributed by atoms with Crippen molar-refractivity contribution in [2.45, 2.75) is 4.58 Å². The molecule has 0 bridgehead atoms. The Morgan fingerprint density at radius 2 is 1.92 bits per heavy atom. The van der Waals surface area contributed by atoms with Gasteiger partial charge in [0, 0.05) is 28.7 Å². The van der Waals surface area contributed by atoms with Crippen LogP contribution in [0.3, 0.4) is 0 Å². The fourth-order valence-electron chi connectivity index (χ4n) is 2.74. The van der Waals surface area contributed by atoms with E-state index in [1.165, 1.54) is 23.1 Å². The average molecular weight is 367 g/mol. The minimum atomic E-state index is -0.163. The van der Waals surface area contributed by atoms with Gasteiger partial charge in [0.2, 0.25) is 5.91 Å². The lowest BCUT2D eigenvalue weighted by atomic mass is 10.2. The summed E-state index contributed by atoms with van der Waals surface area (Å²) in [5.74, 6) is 2.88. The number of anilines is 1. The molecule has 1 amide bonds. The van der Waals surface area contributed by atoms with Crippen LogP contribution >= 0.6 is 23.5 Å². The van der Waals surface area contributed by atoms with Crippen LogP contribution in [-0.4, -0.2) is 17.4 Å². The standard InChI is InChI=1S/C20H17NO2S2/c22-19(9-8-17-13-14-4-1-2-7-18(14)23-17)21-16-6-3-5-15(12-16)20-24-10-11-25-20/h1-9,12-13,20H,10-11H2,(H,21,22)/b9-8+. The molecule has 0 spiro atoms. The van der Waals surface area contributed by atoms with E-state index >= 15 is 0 Å². The fraction of sp³-hybridized carbons (Fsp3) is 0.150. The largest absolute Gasteiger partial charge is 0.457 e. The number of fused-ring (bicyclic) bond motifs is 1. The molecule has 1 aromatic heterocycles. The molecule has 3 aromatic rings. The summed E-state index contributed by atoms with van der Waals surface area (Å²) >= 11 is 3.91. The highest BCUT2D eigenvalue weighted by Gasteiger charge is 2.18. The van der Waals surface area contributed by atoms with Gasteiger partial charge in [0.05, 0.1) is 4.58 Å². The van der Waals surface area contributed by atoms with E-state index in [0.717, 1.165) is 16.7 Å². The van der Waals surface area contributed by atoms with Crippen molar-refractivity contribution in [3.63, 3.8) is 0 Å². The predicted molar refractivity (Wildman–Crippen MR) is 108 cm³/mol. The lowest BCUT2D eigenvalue weighted by Gasteiger charge is -2.10. The van der Waals surface area contributed by atoms with Gasteiger partial charge in [-0.1, -0.05) is 30.3 Å². The van der Waals surface area contributed by atoms with Crippen molar-refractivity contribution < 1.29 is 9.21 Å². The van der Waals surface area contributed by atoms with Crippen LogP contribution in [-0.2, 0) is 4.79 Å². The van der Waals surface area contributed by atoms with E-state index in [1.54, 1.807) is 6.08 Å². The van der Waals surface area contributed by atoms with Crippen LogP contribution in [0.15, 0.2) is 65.1 Å². The summed E-state index contributed by atoms with van der Waals surface area (Å²) in [5.41, 5.74) is 2.90. The Morgan fingerprint density at radius 3 is 2.76 bits per heavy atom. The van der Waals surface area contributed by atoms with E-state index in [9.17, 15) is 4.79 Å². The second-order valence-electron chi connectivity index (χ2n) is 5.71. The molecule has 1 fully saturated rings. The second-order valence-corrected chi connectivity index (χ2v) is 8.43. The molecule has 1 aliphatic heterocycles. The zero-order valence-electron chi connectivity index (χ0n) is 13.5. The van der Waals surface area contributed by atoms with Gasteiger partial charge in [-0.05, 0) is 35.9 Å². The predicted octanol–water partition coefficient (Wildman–Crippen LogP) is 5.56. The molecule has 2 heterocycles. The molecule has 4 rings (SSSR count). The van der Waals surface area contributed by atoms with Gasteiger partial charge in [-0.25, -0.2) is 0 Å². The van der Waals surface area contributed by atoms with Crippen LogP contribution in [0.2, 0.25) is 0 Å². The lowest BCUT2D eigenvalue weighted by Crippen LogP contribution is -2.07. The number of amides is 1. The summed E-state index contributed by atoms with van der Waals surface area (Å²) < 4.78 is 6.16. The van der Waals surface area contributed by atoms with Crippen LogP contribution in [0.4, 0.5) is 5.69 Å². The molecule has 0 atom stereocenters. The Hall–Kier alpha value is -2.11. The fourth-order valence-corrected chi connectivity index (χ4v) is 5.58. The topological polar surface area (TPSA) is 42.2 Å². The highest BCUT2D eigenvalue weighted by atomic mass is 32.2. The molecule has 3 nitrogen and oxygen atoms in total. The SMILES string of the molecule is O=C(/C=C/c1cc2ccccc2o1)Nc1cccc(C2SCCS2)c1. The van der Waals surface area contributed by atoms with Gasteiger partial charge in [0.25, 0.3) is 0 Å². The molecule has 25 heavy (non-hydrogen) atoms. The maximum Gasteiger partial charge on any atom is 0.248 e. The Labute approximate surface area is 154 Å². The first kappa shape index (κ1) is 16.4. The lowest BCUT2D eigenvalue weighted by molar-refractivity contribution is -0.111. The first-order valence-corrected chi connectivity index (χ1v) is 10.2. The van der Waals surface area contributed by atoms with E-state index < -0.39 is 0 Å². The number of hydrogen-bond acceptors (Lipinski definition) is 4. The Bertz CT molecular complexity index is 893. The number of nitrogens with one attached hydrogen (secondary N) is 1. The molecule has 0 radical (unpaired) electrons. The number of thioether (sulfide) groups is 2. The second kappa shape index (κ2) is 7.42. The Morgan fingerprint density at radius 1 is 1.08 bits per heavy atom.